The summed E-state index contributed by atoms with van der Waals surface area (Å²) in [7, 11) is 4.03. The Hall–Kier alpha value is -0.770. The van der Waals surface area contributed by atoms with E-state index in [1.165, 1.54) is 96.3 Å². The lowest BCUT2D eigenvalue weighted by Gasteiger charge is -2.19. The van der Waals surface area contributed by atoms with Crippen LogP contribution in [-0.4, -0.2) is 92.0 Å². The van der Waals surface area contributed by atoms with Crippen molar-refractivity contribution in [3.05, 3.63) is 0 Å². The van der Waals surface area contributed by atoms with Crippen LogP contribution in [0.25, 0.3) is 0 Å². The number of hydrogen-bond acceptors (Lipinski definition) is 7. The minimum atomic E-state index is 0.247. The maximum absolute atomic E-state index is 12.0. The van der Waals surface area contributed by atoms with Crippen LogP contribution in [0.1, 0.15) is 122 Å². The zero-order valence-corrected chi connectivity index (χ0v) is 28.5. The largest absolute Gasteiger partial charge is 0.356 e. The molecule has 0 fully saturated rings. The minimum absolute atomic E-state index is 0.247. The van der Waals surface area contributed by atoms with E-state index in [0.717, 1.165) is 84.8 Å². The molecule has 0 bridgehead atoms. The van der Waals surface area contributed by atoms with Crippen LogP contribution in [0.15, 0.2) is 0 Å². The van der Waals surface area contributed by atoms with Crippen molar-refractivity contribution in [1.29, 1.82) is 0 Å². The molecule has 0 unspecified atom stereocenters. The molecule has 0 saturated carbocycles. The van der Waals surface area contributed by atoms with Crippen LogP contribution in [0.2, 0.25) is 0 Å². The van der Waals surface area contributed by atoms with Gasteiger partial charge in [-0.05, 0) is 143 Å². The Morgan fingerprint density at radius 3 is 1.50 bits per heavy atom. The van der Waals surface area contributed by atoms with Gasteiger partial charge in [0.2, 0.25) is 5.91 Å². The third-order valence-electron chi connectivity index (χ3n) is 7.96. The van der Waals surface area contributed by atoms with Gasteiger partial charge in [0.1, 0.15) is 0 Å². The van der Waals surface area contributed by atoms with Gasteiger partial charge in [0, 0.05) is 13.0 Å². The number of amides is 1. The first-order chi connectivity index (χ1) is 20.7. The van der Waals surface area contributed by atoms with Gasteiger partial charge in [-0.1, -0.05) is 58.3 Å². The predicted molar refractivity (Wildman–Crippen MR) is 185 cm³/mol. The van der Waals surface area contributed by atoms with E-state index in [4.69, 9.17) is 0 Å². The van der Waals surface area contributed by atoms with Crippen LogP contribution in [-0.2, 0) is 4.79 Å². The highest BCUT2D eigenvalue weighted by Crippen LogP contribution is 2.11. The summed E-state index contributed by atoms with van der Waals surface area (Å²) in [5.74, 6) is 0.943. The molecule has 42 heavy (non-hydrogen) atoms. The fourth-order valence-electron chi connectivity index (χ4n) is 5.21. The van der Waals surface area contributed by atoms with Crippen molar-refractivity contribution in [3.8, 4) is 0 Å². The van der Waals surface area contributed by atoms with E-state index in [1.807, 2.05) is 14.1 Å². The first-order valence-corrected chi connectivity index (χ1v) is 18.1. The van der Waals surface area contributed by atoms with Gasteiger partial charge in [0.25, 0.3) is 0 Å². The average Bonchev–Trinajstić information content (AvgIpc) is 2.99. The Morgan fingerprint density at radius 1 is 0.476 bits per heavy atom. The monoisotopic (exact) mass is 598 g/mol. The molecule has 8 nitrogen and oxygen atoms in total. The second-order valence-electron chi connectivity index (χ2n) is 12.2. The standard InChI is InChI=1S/C34H75N7O/c1-4-5-6-7-8-12-21-34(42)41-30-13-10-9-11-20-33(31-39-26-16-14-24-37-28-18-22-35-2)32-40-27-17-15-25-38-29-19-23-36-3/h33,35-40H,4-32H2,1-3H3,(H,41,42). The Balaban J connectivity index is 3.96. The summed E-state index contributed by atoms with van der Waals surface area (Å²) in [5.41, 5.74) is 0. The van der Waals surface area contributed by atoms with E-state index in [9.17, 15) is 4.79 Å². The van der Waals surface area contributed by atoms with Crippen molar-refractivity contribution >= 4 is 5.91 Å². The molecule has 252 valence electrons. The number of unbranched alkanes of at least 4 members (excludes halogenated alkanes) is 10. The topological polar surface area (TPSA) is 101 Å². The quantitative estimate of drug-likeness (QED) is 0.0532. The van der Waals surface area contributed by atoms with Gasteiger partial charge in [-0.25, -0.2) is 0 Å². The van der Waals surface area contributed by atoms with E-state index in [1.54, 1.807) is 0 Å². The molecule has 0 saturated heterocycles. The summed E-state index contributed by atoms with van der Waals surface area (Å²) in [4.78, 5) is 12.0. The first kappa shape index (κ1) is 41.2. The average molecular weight is 598 g/mol. The maximum atomic E-state index is 12.0. The zero-order valence-electron chi connectivity index (χ0n) is 28.5. The smallest absolute Gasteiger partial charge is 0.219 e. The zero-order chi connectivity index (χ0) is 30.6. The molecule has 0 aromatic heterocycles. The molecule has 0 aliphatic rings. The lowest BCUT2D eigenvalue weighted by Crippen LogP contribution is -2.32. The predicted octanol–water partition coefficient (Wildman–Crippen LogP) is 4.56. The van der Waals surface area contributed by atoms with Crippen molar-refractivity contribution in [2.24, 2.45) is 5.92 Å². The second-order valence-corrected chi connectivity index (χ2v) is 12.2. The summed E-state index contributed by atoms with van der Waals surface area (Å²) in [6.07, 6.45) is 21.7. The maximum Gasteiger partial charge on any atom is 0.219 e. The van der Waals surface area contributed by atoms with Gasteiger partial charge in [-0.2, -0.15) is 0 Å². The fraction of sp³-hybridized carbons (Fsp3) is 0.971. The minimum Gasteiger partial charge on any atom is -0.356 e. The molecule has 1 amide bonds. The van der Waals surface area contributed by atoms with Gasteiger partial charge in [-0.3, -0.25) is 4.79 Å². The molecular formula is C34H75N7O. The number of nitrogens with one attached hydrogen (secondary N) is 7. The van der Waals surface area contributed by atoms with Crippen LogP contribution < -0.4 is 37.2 Å². The molecule has 0 aliphatic heterocycles. The number of hydrogen-bond donors (Lipinski definition) is 7. The Kier molecular flexibility index (Phi) is 35.8. The highest BCUT2D eigenvalue weighted by Gasteiger charge is 2.08. The summed E-state index contributed by atoms with van der Waals surface area (Å²) in [6, 6.07) is 0. The Morgan fingerprint density at radius 2 is 0.929 bits per heavy atom. The summed E-state index contributed by atoms with van der Waals surface area (Å²) < 4.78 is 0. The SMILES string of the molecule is CCCCCCCCC(=O)NCCCCCCC(CNCCCCNCCCNC)CNCCCCNCCCNC. The van der Waals surface area contributed by atoms with E-state index in [2.05, 4.69) is 44.1 Å². The molecule has 0 aromatic rings. The normalized spacial score (nSPS) is 11.5. The van der Waals surface area contributed by atoms with Crippen molar-refractivity contribution in [1.82, 2.24) is 37.2 Å². The number of carbonyl (C=O) groups is 1. The fourth-order valence-corrected chi connectivity index (χ4v) is 5.21. The van der Waals surface area contributed by atoms with Gasteiger partial charge in [-0.15, -0.1) is 0 Å². The van der Waals surface area contributed by atoms with Gasteiger partial charge in [0.05, 0.1) is 0 Å². The highest BCUT2D eigenvalue weighted by atomic mass is 16.1. The molecule has 0 heterocycles. The molecule has 0 atom stereocenters. The number of rotatable bonds is 36. The molecule has 0 spiro atoms. The summed E-state index contributed by atoms with van der Waals surface area (Å²) >= 11 is 0. The van der Waals surface area contributed by atoms with Crippen LogP contribution in [0.3, 0.4) is 0 Å². The number of carbonyl (C=O) groups excluding carboxylic acids is 1. The van der Waals surface area contributed by atoms with Crippen molar-refractivity contribution in [3.63, 3.8) is 0 Å². The van der Waals surface area contributed by atoms with Crippen molar-refractivity contribution < 1.29 is 4.79 Å². The molecule has 8 heteroatoms. The third kappa shape index (κ3) is 33.7. The van der Waals surface area contributed by atoms with E-state index in [0.29, 0.717) is 12.3 Å². The molecular weight excluding hydrogens is 522 g/mol. The van der Waals surface area contributed by atoms with Crippen LogP contribution in [0.5, 0.6) is 0 Å². The molecule has 0 rings (SSSR count). The van der Waals surface area contributed by atoms with E-state index < -0.39 is 0 Å². The molecule has 7 N–H and O–H groups in total. The van der Waals surface area contributed by atoms with Crippen molar-refractivity contribution in [2.75, 3.05) is 86.1 Å². The highest BCUT2D eigenvalue weighted by molar-refractivity contribution is 5.75. The van der Waals surface area contributed by atoms with Crippen LogP contribution >= 0.6 is 0 Å². The molecule has 0 aliphatic carbocycles. The summed E-state index contributed by atoms with van der Waals surface area (Å²) in [5, 5.41) is 24.1. The van der Waals surface area contributed by atoms with Gasteiger partial charge >= 0.3 is 0 Å². The second kappa shape index (κ2) is 36.4. The van der Waals surface area contributed by atoms with Gasteiger partial charge in [0.15, 0.2) is 0 Å². The molecule has 0 radical (unpaired) electrons. The summed E-state index contributed by atoms with van der Waals surface area (Å²) in [6.45, 7) is 14.2. The lowest BCUT2D eigenvalue weighted by molar-refractivity contribution is -0.121. The van der Waals surface area contributed by atoms with Crippen LogP contribution in [0.4, 0.5) is 0 Å². The van der Waals surface area contributed by atoms with Crippen molar-refractivity contribution in [2.45, 2.75) is 122 Å². The Bertz CT molecular complexity index is 500. The van der Waals surface area contributed by atoms with E-state index in [-0.39, 0.29) is 5.91 Å². The first-order valence-electron chi connectivity index (χ1n) is 18.1. The Labute approximate surface area is 262 Å². The van der Waals surface area contributed by atoms with E-state index >= 15 is 0 Å². The third-order valence-corrected chi connectivity index (χ3v) is 7.96. The van der Waals surface area contributed by atoms with Crippen LogP contribution in [0, 0.1) is 5.92 Å². The van der Waals surface area contributed by atoms with Gasteiger partial charge < -0.3 is 37.2 Å². The molecule has 0 aromatic carbocycles. The lowest BCUT2D eigenvalue weighted by atomic mass is 10.00.